The molecule has 21 heavy (non-hydrogen) atoms. The third kappa shape index (κ3) is 2.82. The molecule has 2 heterocycles. The van der Waals surface area contributed by atoms with Crippen LogP contribution in [0.4, 0.5) is 5.69 Å². The van der Waals surface area contributed by atoms with Crippen LogP contribution in [0.1, 0.15) is 31.3 Å². The molecule has 0 aliphatic rings. The van der Waals surface area contributed by atoms with Crippen molar-refractivity contribution in [3.63, 3.8) is 0 Å². The minimum absolute atomic E-state index is 0.0291. The molecule has 0 amide bonds. The first-order chi connectivity index (χ1) is 9.65. The van der Waals surface area contributed by atoms with Crippen LogP contribution in [0.5, 0.6) is 0 Å². The van der Waals surface area contributed by atoms with E-state index in [0.717, 1.165) is 5.69 Å². The lowest BCUT2D eigenvalue weighted by Gasteiger charge is -2.10. The number of sulfonamides is 1. The van der Waals surface area contributed by atoms with Crippen LogP contribution in [0.2, 0.25) is 0 Å². The number of nitrogens with one attached hydrogen (secondary N) is 1. The van der Waals surface area contributed by atoms with Gasteiger partial charge in [0.05, 0.1) is 17.1 Å². The van der Waals surface area contributed by atoms with Gasteiger partial charge in [0.1, 0.15) is 0 Å². The van der Waals surface area contributed by atoms with E-state index in [-0.39, 0.29) is 15.7 Å². The zero-order valence-electron chi connectivity index (χ0n) is 12.4. The highest BCUT2D eigenvalue weighted by molar-refractivity contribution is 9.10. The van der Waals surface area contributed by atoms with E-state index < -0.39 is 10.0 Å². The Kier molecular flexibility index (Phi) is 4.11. The summed E-state index contributed by atoms with van der Waals surface area (Å²) in [5.74, 6) is 0. The lowest BCUT2D eigenvalue weighted by Crippen LogP contribution is -2.18. The number of hydrogen-bond donors (Lipinski definition) is 1. The average Bonchev–Trinajstić information content (AvgIpc) is 2.83. The molecule has 0 aromatic carbocycles. The third-order valence-electron chi connectivity index (χ3n) is 3.04. The van der Waals surface area contributed by atoms with E-state index in [1.165, 1.54) is 11.7 Å². The maximum absolute atomic E-state index is 12.5. The van der Waals surface area contributed by atoms with E-state index in [9.17, 15) is 8.42 Å². The minimum Gasteiger partial charge on any atom is -0.275 e. The summed E-state index contributed by atoms with van der Waals surface area (Å²) < 4.78 is 30.7. The van der Waals surface area contributed by atoms with E-state index in [4.69, 9.17) is 0 Å². The Labute approximate surface area is 131 Å². The Balaban J connectivity index is 2.48. The summed E-state index contributed by atoms with van der Waals surface area (Å²) in [6.45, 7) is 7.56. The monoisotopic (exact) mass is 376 g/mol. The Bertz CT molecular complexity index is 757. The summed E-state index contributed by atoms with van der Waals surface area (Å²) in [7, 11) is -2.28. The van der Waals surface area contributed by atoms with E-state index >= 15 is 0 Å². The van der Waals surface area contributed by atoms with Crippen molar-refractivity contribution in [3.05, 3.63) is 16.0 Å². The molecule has 116 valence electrons. The molecule has 2 aromatic rings. The zero-order valence-corrected chi connectivity index (χ0v) is 14.8. The van der Waals surface area contributed by atoms with Gasteiger partial charge in [0.2, 0.25) is 5.03 Å². The molecular weight excluding hydrogens is 360 g/mol. The van der Waals surface area contributed by atoms with Crippen LogP contribution in [0.3, 0.4) is 0 Å². The molecule has 0 radical (unpaired) electrons. The highest BCUT2D eigenvalue weighted by atomic mass is 79.9. The van der Waals surface area contributed by atoms with Crippen molar-refractivity contribution < 1.29 is 8.42 Å². The molecule has 0 unspecified atom stereocenters. The Morgan fingerprint density at radius 2 is 1.90 bits per heavy atom. The van der Waals surface area contributed by atoms with Gasteiger partial charge in [0.25, 0.3) is 10.0 Å². The van der Waals surface area contributed by atoms with Gasteiger partial charge in [-0.2, -0.15) is 13.5 Å². The molecule has 0 bridgehead atoms. The summed E-state index contributed by atoms with van der Waals surface area (Å²) in [4.78, 5) is 0. The van der Waals surface area contributed by atoms with Crippen molar-refractivity contribution in [1.29, 1.82) is 0 Å². The molecule has 0 atom stereocenters. The van der Waals surface area contributed by atoms with Crippen molar-refractivity contribution in [2.24, 2.45) is 7.05 Å². The summed E-state index contributed by atoms with van der Waals surface area (Å²) >= 11 is 3.10. The summed E-state index contributed by atoms with van der Waals surface area (Å²) in [5, 5.41) is 11.7. The van der Waals surface area contributed by atoms with Gasteiger partial charge < -0.3 is 0 Å². The number of rotatable bonds is 4. The van der Waals surface area contributed by atoms with Gasteiger partial charge in [-0.25, -0.2) is 4.68 Å². The van der Waals surface area contributed by atoms with Crippen LogP contribution in [0.15, 0.2) is 9.63 Å². The molecule has 2 rings (SSSR count). The van der Waals surface area contributed by atoms with Crippen LogP contribution in [0, 0.1) is 13.8 Å². The third-order valence-corrected chi connectivity index (χ3v) is 5.28. The Morgan fingerprint density at radius 3 is 2.33 bits per heavy atom. The highest BCUT2D eigenvalue weighted by Gasteiger charge is 2.26. The Hall–Kier alpha value is -1.42. The van der Waals surface area contributed by atoms with Gasteiger partial charge in [-0.05, 0) is 43.6 Å². The van der Waals surface area contributed by atoms with Crippen molar-refractivity contribution >= 4 is 31.6 Å². The fourth-order valence-electron chi connectivity index (χ4n) is 2.10. The van der Waals surface area contributed by atoms with Gasteiger partial charge in [-0.3, -0.25) is 9.40 Å². The average molecular weight is 377 g/mol. The second kappa shape index (κ2) is 5.41. The summed E-state index contributed by atoms with van der Waals surface area (Å²) in [6, 6.07) is 0.145. The summed E-state index contributed by atoms with van der Waals surface area (Å²) in [6.07, 6.45) is 0. The van der Waals surface area contributed by atoms with Gasteiger partial charge in [0, 0.05) is 13.1 Å². The predicted molar refractivity (Wildman–Crippen MR) is 81.6 cm³/mol. The molecule has 8 nitrogen and oxygen atoms in total. The summed E-state index contributed by atoms with van der Waals surface area (Å²) in [5.41, 5.74) is 1.87. The SMILES string of the molecule is Cc1nn(C(C)C)c(C)c1NS(=O)(=O)c1c(Br)nnn1C. The van der Waals surface area contributed by atoms with Crippen LogP contribution < -0.4 is 4.72 Å². The van der Waals surface area contributed by atoms with Gasteiger partial charge >= 0.3 is 0 Å². The number of halogens is 1. The topological polar surface area (TPSA) is 94.7 Å². The van der Waals surface area contributed by atoms with E-state index in [1.54, 1.807) is 11.6 Å². The van der Waals surface area contributed by atoms with E-state index in [2.05, 4.69) is 36.1 Å². The molecule has 0 saturated heterocycles. The number of aryl methyl sites for hydroxylation is 2. The van der Waals surface area contributed by atoms with Crippen LogP contribution >= 0.6 is 15.9 Å². The van der Waals surface area contributed by atoms with Crippen molar-refractivity contribution in [2.45, 2.75) is 38.8 Å². The van der Waals surface area contributed by atoms with Gasteiger partial charge in [-0.1, -0.05) is 5.21 Å². The van der Waals surface area contributed by atoms with Crippen LogP contribution in [-0.2, 0) is 17.1 Å². The number of anilines is 1. The molecule has 1 N–H and O–H groups in total. The lowest BCUT2D eigenvalue weighted by atomic mass is 10.3. The first-order valence-electron chi connectivity index (χ1n) is 6.29. The smallest absolute Gasteiger partial charge is 0.275 e. The standard InChI is InChI=1S/C11H17BrN6O2S/c1-6(2)18-8(4)9(7(3)14-18)15-21(19,20)11-10(12)13-16-17(11)5/h6,15H,1-5H3. The fourth-order valence-corrected chi connectivity index (χ4v) is 4.38. The number of hydrogen-bond acceptors (Lipinski definition) is 5. The van der Waals surface area contributed by atoms with Gasteiger partial charge in [0.15, 0.2) is 4.60 Å². The predicted octanol–water partition coefficient (Wildman–Crippen LogP) is 1.77. The van der Waals surface area contributed by atoms with Crippen LogP contribution in [0.25, 0.3) is 0 Å². The second-order valence-electron chi connectivity index (χ2n) is 5.00. The molecule has 0 spiro atoms. The minimum atomic E-state index is -3.80. The molecule has 0 saturated carbocycles. The molecule has 2 aromatic heterocycles. The quantitative estimate of drug-likeness (QED) is 0.876. The maximum Gasteiger partial charge on any atom is 0.282 e. The van der Waals surface area contributed by atoms with Crippen molar-refractivity contribution in [3.8, 4) is 0 Å². The van der Waals surface area contributed by atoms with E-state index in [0.29, 0.717) is 11.4 Å². The Morgan fingerprint density at radius 1 is 1.29 bits per heavy atom. The number of nitrogens with zero attached hydrogens (tertiary/aromatic N) is 5. The first-order valence-corrected chi connectivity index (χ1v) is 8.56. The number of aromatic nitrogens is 5. The highest BCUT2D eigenvalue weighted by Crippen LogP contribution is 2.27. The fraction of sp³-hybridized carbons (Fsp3) is 0.545. The van der Waals surface area contributed by atoms with Crippen LogP contribution in [-0.4, -0.2) is 33.2 Å². The second-order valence-corrected chi connectivity index (χ2v) is 7.35. The normalized spacial score (nSPS) is 12.1. The maximum atomic E-state index is 12.5. The first kappa shape index (κ1) is 16.0. The molecule has 0 aliphatic heterocycles. The molecule has 0 aliphatic carbocycles. The van der Waals surface area contributed by atoms with Crippen molar-refractivity contribution in [2.75, 3.05) is 4.72 Å². The van der Waals surface area contributed by atoms with Crippen molar-refractivity contribution in [1.82, 2.24) is 24.8 Å². The van der Waals surface area contributed by atoms with Gasteiger partial charge in [-0.15, -0.1) is 5.10 Å². The molecular formula is C11H17BrN6O2S. The molecule has 10 heteroatoms. The largest absolute Gasteiger partial charge is 0.282 e. The lowest BCUT2D eigenvalue weighted by molar-refractivity contribution is 0.516. The molecule has 0 fully saturated rings. The zero-order chi connectivity index (χ0) is 15.9. The van der Waals surface area contributed by atoms with E-state index in [1.807, 2.05) is 20.8 Å².